The van der Waals surface area contributed by atoms with E-state index in [2.05, 4.69) is 80.6 Å². The molecule has 0 spiro atoms. The van der Waals surface area contributed by atoms with Crippen molar-refractivity contribution in [2.45, 2.75) is 13.0 Å². The van der Waals surface area contributed by atoms with Gasteiger partial charge in [0.05, 0.1) is 5.39 Å². The fourth-order valence-corrected chi connectivity index (χ4v) is 3.02. The molecule has 0 saturated heterocycles. The Labute approximate surface area is 147 Å². The maximum Gasteiger partial charge on any atom is 0.145 e. The molecule has 0 aliphatic rings. The van der Waals surface area contributed by atoms with Crippen LogP contribution >= 0.6 is 0 Å². The van der Waals surface area contributed by atoms with E-state index < -0.39 is 0 Å². The second-order valence-electron chi connectivity index (χ2n) is 6.05. The lowest BCUT2D eigenvalue weighted by molar-refractivity contribution is 0.823. The van der Waals surface area contributed by atoms with E-state index in [9.17, 15) is 0 Å². The fraction of sp³-hybridized carbons (Fsp3) is 0.143. The lowest BCUT2D eigenvalue weighted by Gasteiger charge is -2.08. The standard InChI is InChI=1S/C21H20N4/c1-3-7-17(8-4-1)11-13-22-20-19-12-14-25(21(19)24-16-23-20)15-18-9-5-2-6-10-18/h1-10,12,14,16H,11,13,15H2,(H,22,23,24). The smallest absolute Gasteiger partial charge is 0.145 e. The van der Waals surface area contributed by atoms with Crippen LogP contribution < -0.4 is 5.32 Å². The first-order valence-electron chi connectivity index (χ1n) is 8.52. The number of nitrogens with one attached hydrogen (secondary N) is 1. The van der Waals surface area contributed by atoms with E-state index in [0.717, 1.165) is 36.4 Å². The third kappa shape index (κ3) is 3.53. The van der Waals surface area contributed by atoms with Crippen molar-refractivity contribution in [1.29, 1.82) is 0 Å². The van der Waals surface area contributed by atoms with Crippen LogP contribution in [0.3, 0.4) is 0 Å². The van der Waals surface area contributed by atoms with Crippen molar-refractivity contribution in [2.75, 3.05) is 11.9 Å². The Bertz CT molecular complexity index is 945. The van der Waals surface area contributed by atoms with E-state index in [0.29, 0.717) is 0 Å². The molecular weight excluding hydrogens is 308 g/mol. The molecule has 0 fully saturated rings. The third-order valence-electron chi connectivity index (χ3n) is 4.30. The van der Waals surface area contributed by atoms with Gasteiger partial charge in [-0.15, -0.1) is 0 Å². The predicted octanol–water partition coefficient (Wildman–Crippen LogP) is 4.13. The number of fused-ring (bicyclic) bond motifs is 1. The molecule has 0 aliphatic heterocycles. The van der Waals surface area contributed by atoms with E-state index in [1.54, 1.807) is 6.33 Å². The molecule has 0 saturated carbocycles. The van der Waals surface area contributed by atoms with Gasteiger partial charge in [-0.25, -0.2) is 9.97 Å². The van der Waals surface area contributed by atoms with Gasteiger partial charge >= 0.3 is 0 Å². The highest BCUT2D eigenvalue weighted by Gasteiger charge is 2.08. The first kappa shape index (κ1) is 15.4. The van der Waals surface area contributed by atoms with E-state index in [1.807, 2.05) is 12.1 Å². The molecule has 0 aliphatic carbocycles. The van der Waals surface area contributed by atoms with Gasteiger partial charge in [-0.2, -0.15) is 0 Å². The minimum atomic E-state index is 0.810. The Morgan fingerprint density at radius 3 is 2.28 bits per heavy atom. The molecule has 0 unspecified atom stereocenters. The first-order chi connectivity index (χ1) is 12.4. The van der Waals surface area contributed by atoms with E-state index >= 15 is 0 Å². The van der Waals surface area contributed by atoms with Gasteiger partial charge < -0.3 is 9.88 Å². The van der Waals surface area contributed by atoms with Crippen molar-refractivity contribution in [3.63, 3.8) is 0 Å². The van der Waals surface area contributed by atoms with Crippen molar-refractivity contribution in [2.24, 2.45) is 0 Å². The zero-order chi connectivity index (χ0) is 16.9. The fourth-order valence-electron chi connectivity index (χ4n) is 3.02. The van der Waals surface area contributed by atoms with Gasteiger partial charge in [0.2, 0.25) is 0 Å². The summed E-state index contributed by atoms with van der Waals surface area (Å²) in [5.41, 5.74) is 3.54. The van der Waals surface area contributed by atoms with Crippen molar-refractivity contribution in [3.8, 4) is 0 Å². The molecular formula is C21H20N4. The molecule has 4 nitrogen and oxygen atoms in total. The van der Waals surface area contributed by atoms with Gasteiger partial charge in [-0.1, -0.05) is 60.7 Å². The molecule has 124 valence electrons. The molecule has 4 rings (SSSR count). The Balaban J connectivity index is 1.50. The summed E-state index contributed by atoms with van der Waals surface area (Å²) in [6.07, 6.45) is 4.68. The average Bonchev–Trinajstić information content (AvgIpc) is 3.07. The summed E-state index contributed by atoms with van der Waals surface area (Å²) < 4.78 is 2.16. The number of rotatable bonds is 6. The highest BCUT2D eigenvalue weighted by molar-refractivity contribution is 5.87. The van der Waals surface area contributed by atoms with Crippen LogP contribution in [0.5, 0.6) is 0 Å². The summed E-state index contributed by atoms with van der Waals surface area (Å²) in [4.78, 5) is 8.90. The van der Waals surface area contributed by atoms with Crippen LogP contribution in [0, 0.1) is 0 Å². The largest absolute Gasteiger partial charge is 0.369 e. The van der Waals surface area contributed by atoms with Gasteiger partial charge in [-0.3, -0.25) is 0 Å². The summed E-state index contributed by atoms with van der Waals surface area (Å²) in [7, 11) is 0. The highest BCUT2D eigenvalue weighted by Crippen LogP contribution is 2.21. The molecule has 0 radical (unpaired) electrons. The summed E-state index contributed by atoms with van der Waals surface area (Å²) in [5.74, 6) is 0.896. The number of hydrogen-bond donors (Lipinski definition) is 1. The topological polar surface area (TPSA) is 42.7 Å². The van der Waals surface area contributed by atoms with Gasteiger partial charge in [-0.05, 0) is 23.6 Å². The molecule has 0 bridgehead atoms. The van der Waals surface area contributed by atoms with Gasteiger partial charge in [0.1, 0.15) is 17.8 Å². The van der Waals surface area contributed by atoms with Crippen LogP contribution in [0.1, 0.15) is 11.1 Å². The molecule has 4 aromatic rings. The Morgan fingerprint density at radius 2 is 1.52 bits per heavy atom. The molecule has 0 amide bonds. The summed E-state index contributed by atoms with van der Waals surface area (Å²) in [5, 5.41) is 4.51. The summed E-state index contributed by atoms with van der Waals surface area (Å²) in [6, 6.07) is 23.0. The zero-order valence-corrected chi connectivity index (χ0v) is 14.0. The van der Waals surface area contributed by atoms with Crippen LogP contribution in [0.15, 0.2) is 79.3 Å². The second-order valence-corrected chi connectivity index (χ2v) is 6.05. The molecule has 1 N–H and O–H groups in total. The normalized spacial score (nSPS) is 10.9. The maximum absolute atomic E-state index is 4.48. The van der Waals surface area contributed by atoms with Crippen LogP contribution in [-0.4, -0.2) is 21.1 Å². The number of aromatic nitrogens is 3. The van der Waals surface area contributed by atoms with Gasteiger partial charge in [0.15, 0.2) is 0 Å². The predicted molar refractivity (Wildman–Crippen MR) is 102 cm³/mol. The average molecular weight is 328 g/mol. The number of benzene rings is 2. The van der Waals surface area contributed by atoms with E-state index in [-0.39, 0.29) is 0 Å². The van der Waals surface area contributed by atoms with E-state index in [4.69, 9.17) is 0 Å². The lowest BCUT2D eigenvalue weighted by atomic mass is 10.1. The SMILES string of the molecule is c1ccc(CCNc2ncnc3c2ccn3Cc2ccccc2)cc1. The first-order valence-corrected chi connectivity index (χ1v) is 8.52. The number of anilines is 1. The van der Waals surface area contributed by atoms with Gasteiger partial charge in [0.25, 0.3) is 0 Å². The summed E-state index contributed by atoms with van der Waals surface area (Å²) >= 11 is 0. The third-order valence-corrected chi connectivity index (χ3v) is 4.30. The minimum absolute atomic E-state index is 0.810. The van der Waals surface area contributed by atoms with Crippen molar-refractivity contribution in [3.05, 3.63) is 90.4 Å². The van der Waals surface area contributed by atoms with Crippen molar-refractivity contribution >= 4 is 16.9 Å². The Hall–Kier alpha value is -3.14. The quantitative estimate of drug-likeness (QED) is 0.578. The Morgan fingerprint density at radius 1 is 0.800 bits per heavy atom. The van der Waals surface area contributed by atoms with Crippen LogP contribution in [0.4, 0.5) is 5.82 Å². The maximum atomic E-state index is 4.48. The minimum Gasteiger partial charge on any atom is -0.369 e. The number of hydrogen-bond acceptors (Lipinski definition) is 3. The second kappa shape index (κ2) is 7.18. The Kier molecular flexibility index (Phi) is 4.42. The zero-order valence-electron chi connectivity index (χ0n) is 14.0. The van der Waals surface area contributed by atoms with Crippen LogP contribution in [0.25, 0.3) is 11.0 Å². The van der Waals surface area contributed by atoms with E-state index in [1.165, 1.54) is 11.1 Å². The van der Waals surface area contributed by atoms with Crippen LogP contribution in [-0.2, 0) is 13.0 Å². The lowest BCUT2D eigenvalue weighted by Crippen LogP contribution is -2.07. The monoisotopic (exact) mass is 328 g/mol. The van der Waals surface area contributed by atoms with Crippen molar-refractivity contribution in [1.82, 2.24) is 14.5 Å². The highest BCUT2D eigenvalue weighted by atomic mass is 15.1. The number of nitrogens with zero attached hydrogens (tertiary/aromatic N) is 3. The molecule has 2 aromatic heterocycles. The van der Waals surface area contributed by atoms with Gasteiger partial charge in [0, 0.05) is 19.3 Å². The molecule has 2 aromatic carbocycles. The molecule has 25 heavy (non-hydrogen) atoms. The molecule has 4 heteroatoms. The summed E-state index contributed by atoms with van der Waals surface area (Å²) in [6.45, 7) is 1.66. The van der Waals surface area contributed by atoms with Crippen molar-refractivity contribution < 1.29 is 0 Å². The van der Waals surface area contributed by atoms with Crippen LogP contribution in [0.2, 0.25) is 0 Å². The molecule has 0 atom stereocenters. The molecule has 2 heterocycles.